The summed E-state index contributed by atoms with van der Waals surface area (Å²) in [4.78, 5) is 0.278. The van der Waals surface area contributed by atoms with Crippen LogP contribution in [-0.4, -0.2) is 21.5 Å². The number of anilines is 1. The second-order valence-corrected chi connectivity index (χ2v) is 5.60. The van der Waals surface area contributed by atoms with E-state index in [1.165, 1.54) is 0 Å². The van der Waals surface area contributed by atoms with Crippen LogP contribution >= 0.6 is 0 Å². The fourth-order valence-electron chi connectivity index (χ4n) is 1.28. The zero-order chi connectivity index (χ0) is 12.9. The summed E-state index contributed by atoms with van der Waals surface area (Å²) < 4.78 is 25.8. The molecule has 0 aliphatic carbocycles. The molecular weight excluding hydrogens is 236 g/mol. The van der Waals surface area contributed by atoms with E-state index in [0.717, 1.165) is 11.3 Å². The van der Waals surface area contributed by atoms with Crippen molar-refractivity contribution in [2.75, 3.05) is 18.4 Å². The lowest BCUT2D eigenvalue weighted by atomic mass is 10.3. The van der Waals surface area contributed by atoms with Gasteiger partial charge >= 0.3 is 0 Å². The van der Waals surface area contributed by atoms with Crippen LogP contribution in [0.25, 0.3) is 0 Å². The summed E-state index contributed by atoms with van der Waals surface area (Å²) >= 11 is 0. The normalized spacial score (nSPS) is 11.2. The topological polar surface area (TPSA) is 58.2 Å². The highest BCUT2D eigenvalue weighted by Gasteiger charge is 2.11. The molecular formula is C12H18N2O2S. The molecule has 0 unspecified atom stereocenters. The number of benzene rings is 1. The highest BCUT2D eigenvalue weighted by molar-refractivity contribution is 7.89. The van der Waals surface area contributed by atoms with Crippen molar-refractivity contribution in [2.24, 2.45) is 0 Å². The maximum Gasteiger partial charge on any atom is 0.240 e. The second kappa shape index (κ2) is 5.84. The lowest BCUT2D eigenvalue weighted by Gasteiger charge is -2.08. The first-order chi connectivity index (χ1) is 7.95. The Morgan fingerprint density at radius 1 is 1.29 bits per heavy atom. The molecule has 0 radical (unpaired) electrons. The van der Waals surface area contributed by atoms with Crippen LogP contribution in [0.5, 0.6) is 0 Å². The highest BCUT2D eigenvalue weighted by atomic mass is 32.2. The van der Waals surface area contributed by atoms with Gasteiger partial charge in [0.2, 0.25) is 10.0 Å². The van der Waals surface area contributed by atoms with Crippen LogP contribution in [0.1, 0.15) is 13.8 Å². The molecule has 1 rings (SSSR count). The van der Waals surface area contributed by atoms with E-state index in [0.29, 0.717) is 13.1 Å². The van der Waals surface area contributed by atoms with E-state index >= 15 is 0 Å². The quantitative estimate of drug-likeness (QED) is 0.763. The summed E-state index contributed by atoms with van der Waals surface area (Å²) in [6.07, 6.45) is 0. The predicted octanol–water partition coefficient (Wildman–Crippen LogP) is 1.97. The number of hydrogen-bond acceptors (Lipinski definition) is 3. The maximum atomic E-state index is 11.7. The number of hydrogen-bond donors (Lipinski definition) is 2. The van der Waals surface area contributed by atoms with Gasteiger partial charge in [0, 0.05) is 18.8 Å². The Morgan fingerprint density at radius 2 is 1.88 bits per heavy atom. The van der Waals surface area contributed by atoms with E-state index in [4.69, 9.17) is 0 Å². The highest BCUT2D eigenvalue weighted by Crippen LogP contribution is 2.13. The molecule has 0 amide bonds. The minimum Gasteiger partial charge on any atom is -0.381 e. The smallest absolute Gasteiger partial charge is 0.240 e. The number of nitrogens with one attached hydrogen (secondary N) is 2. The van der Waals surface area contributed by atoms with E-state index in [2.05, 4.69) is 16.6 Å². The Balaban J connectivity index is 2.78. The van der Waals surface area contributed by atoms with Gasteiger partial charge in [-0.25, -0.2) is 13.1 Å². The first kappa shape index (κ1) is 13.7. The van der Waals surface area contributed by atoms with Gasteiger partial charge in [-0.3, -0.25) is 0 Å². The van der Waals surface area contributed by atoms with Gasteiger partial charge in [-0.1, -0.05) is 19.1 Å². The lowest BCUT2D eigenvalue weighted by molar-refractivity contribution is 0.584. The first-order valence-corrected chi connectivity index (χ1v) is 6.92. The van der Waals surface area contributed by atoms with Crippen molar-refractivity contribution in [3.8, 4) is 0 Å². The molecule has 0 aliphatic rings. The first-order valence-electron chi connectivity index (χ1n) is 5.43. The van der Waals surface area contributed by atoms with Crippen molar-refractivity contribution in [1.29, 1.82) is 0 Å². The summed E-state index contributed by atoms with van der Waals surface area (Å²) in [5, 5.41) is 3.14. The van der Waals surface area contributed by atoms with Crippen LogP contribution in [0.4, 0.5) is 5.69 Å². The zero-order valence-corrected chi connectivity index (χ0v) is 11.0. The van der Waals surface area contributed by atoms with E-state index in [1.54, 1.807) is 31.2 Å². The summed E-state index contributed by atoms with van der Waals surface area (Å²) in [5.41, 5.74) is 1.90. The molecule has 1 aromatic carbocycles. The minimum absolute atomic E-state index is 0.278. The van der Waals surface area contributed by atoms with Crippen molar-refractivity contribution in [3.05, 3.63) is 36.4 Å². The van der Waals surface area contributed by atoms with Crippen LogP contribution in [0.2, 0.25) is 0 Å². The molecule has 0 saturated carbocycles. The third kappa shape index (κ3) is 4.20. The maximum absolute atomic E-state index is 11.7. The lowest BCUT2D eigenvalue weighted by Crippen LogP contribution is -2.23. The van der Waals surface area contributed by atoms with Gasteiger partial charge in [0.15, 0.2) is 0 Å². The largest absolute Gasteiger partial charge is 0.381 e. The van der Waals surface area contributed by atoms with E-state index < -0.39 is 10.0 Å². The molecule has 0 aliphatic heterocycles. The second-order valence-electron chi connectivity index (χ2n) is 3.84. The molecule has 5 heteroatoms. The van der Waals surface area contributed by atoms with Gasteiger partial charge in [0.05, 0.1) is 4.90 Å². The minimum atomic E-state index is -3.35. The average molecular weight is 254 g/mol. The summed E-state index contributed by atoms with van der Waals surface area (Å²) in [6, 6.07) is 6.65. The predicted molar refractivity (Wildman–Crippen MR) is 70.6 cm³/mol. The fourth-order valence-corrected chi connectivity index (χ4v) is 2.32. The van der Waals surface area contributed by atoms with Crippen LogP contribution in [0, 0.1) is 0 Å². The number of rotatable bonds is 6. The van der Waals surface area contributed by atoms with E-state index in [1.807, 2.05) is 6.92 Å². The molecule has 0 heterocycles. The molecule has 0 saturated heterocycles. The summed E-state index contributed by atoms with van der Waals surface area (Å²) in [7, 11) is -3.35. The van der Waals surface area contributed by atoms with Gasteiger partial charge in [0.1, 0.15) is 0 Å². The van der Waals surface area contributed by atoms with E-state index in [-0.39, 0.29) is 4.90 Å². The van der Waals surface area contributed by atoms with Gasteiger partial charge < -0.3 is 5.32 Å². The van der Waals surface area contributed by atoms with Crippen LogP contribution < -0.4 is 10.0 Å². The van der Waals surface area contributed by atoms with Crippen LogP contribution in [0.3, 0.4) is 0 Å². The van der Waals surface area contributed by atoms with Crippen molar-refractivity contribution in [3.63, 3.8) is 0 Å². The van der Waals surface area contributed by atoms with Gasteiger partial charge in [-0.2, -0.15) is 0 Å². The third-order valence-corrected chi connectivity index (χ3v) is 3.65. The Morgan fingerprint density at radius 3 is 2.35 bits per heavy atom. The third-order valence-electron chi connectivity index (χ3n) is 2.09. The molecule has 0 atom stereocenters. The average Bonchev–Trinajstić information content (AvgIpc) is 2.27. The van der Waals surface area contributed by atoms with Crippen molar-refractivity contribution in [2.45, 2.75) is 18.7 Å². The Bertz CT molecular complexity index is 478. The molecule has 0 spiro atoms. The van der Waals surface area contributed by atoms with Crippen molar-refractivity contribution < 1.29 is 8.42 Å². The molecule has 0 fully saturated rings. The zero-order valence-electron chi connectivity index (χ0n) is 10.2. The van der Waals surface area contributed by atoms with Gasteiger partial charge in [0.25, 0.3) is 0 Å². The molecule has 0 bridgehead atoms. The molecule has 0 aromatic heterocycles. The van der Waals surface area contributed by atoms with Gasteiger partial charge in [-0.05, 0) is 31.2 Å². The summed E-state index contributed by atoms with van der Waals surface area (Å²) in [5.74, 6) is 0. The van der Waals surface area contributed by atoms with Crippen LogP contribution in [0.15, 0.2) is 41.3 Å². The Hall–Kier alpha value is -1.33. The number of sulfonamides is 1. The van der Waals surface area contributed by atoms with Crippen LogP contribution in [-0.2, 0) is 10.0 Å². The molecule has 4 nitrogen and oxygen atoms in total. The fraction of sp³-hybridized carbons (Fsp3) is 0.333. The molecule has 1 aromatic rings. The SMILES string of the molecule is C=C(C)CNc1ccc(S(=O)(=O)NCC)cc1. The standard InChI is InChI=1S/C12H18N2O2S/c1-4-14-17(15,16)12-7-5-11(6-8-12)13-9-10(2)3/h5-8,13-14H,2,4,9H2,1,3H3. The van der Waals surface area contributed by atoms with Crippen molar-refractivity contribution in [1.82, 2.24) is 4.72 Å². The Kier molecular flexibility index (Phi) is 4.72. The molecule has 2 N–H and O–H groups in total. The Labute approximate surface area is 103 Å². The van der Waals surface area contributed by atoms with Crippen molar-refractivity contribution >= 4 is 15.7 Å². The molecule has 17 heavy (non-hydrogen) atoms. The summed E-state index contributed by atoms with van der Waals surface area (Å²) in [6.45, 7) is 8.53. The van der Waals surface area contributed by atoms with E-state index in [9.17, 15) is 8.42 Å². The van der Waals surface area contributed by atoms with Gasteiger partial charge in [-0.15, -0.1) is 0 Å². The monoisotopic (exact) mass is 254 g/mol. The molecule has 94 valence electrons.